The number of aromatic nitrogens is 1. The summed E-state index contributed by atoms with van der Waals surface area (Å²) in [5.41, 5.74) is 1.69. The summed E-state index contributed by atoms with van der Waals surface area (Å²) in [6.45, 7) is 5.18. The van der Waals surface area contributed by atoms with Crippen LogP contribution in [-0.4, -0.2) is 35.0 Å². The van der Waals surface area contributed by atoms with Gasteiger partial charge in [-0.3, -0.25) is 14.5 Å². The van der Waals surface area contributed by atoms with Gasteiger partial charge in [-0.1, -0.05) is 54.8 Å². The van der Waals surface area contributed by atoms with E-state index in [1.165, 1.54) is 16.2 Å². The van der Waals surface area contributed by atoms with Gasteiger partial charge in [-0.15, -0.1) is 0 Å². The summed E-state index contributed by atoms with van der Waals surface area (Å²) in [5, 5.41) is 12.2. The van der Waals surface area contributed by atoms with E-state index in [0.717, 1.165) is 24.0 Å². The number of amides is 1. The van der Waals surface area contributed by atoms with Crippen LogP contribution >= 0.6 is 22.9 Å². The first-order valence-electron chi connectivity index (χ1n) is 13.2. The van der Waals surface area contributed by atoms with Gasteiger partial charge < -0.3 is 14.6 Å². The fraction of sp³-hybridized carbons (Fsp3) is 0.258. The quantitative estimate of drug-likeness (QED) is 0.0907. The average Bonchev–Trinajstić information content (AvgIpc) is 3.49. The van der Waals surface area contributed by atoms with Crippen LogP contribution in [-0.2, 0) is 9.59 Å². The van der Waals surface area contributed by atoms with Crippen molar-refractivity contribution in [2.75, 3.05) is 18.1 Å². The van der Waals surface area contributed by atoms with Crippen molar-refractivity contribution in [2.45, 2.75) is 39.2 Å². The van der Waals surface area contributed by atoms with Crippen molar-refractivity contribution in [3.63, 3.8) is 0 Å². The molecule has 1 aliphatic heterocycles. The number of ketones is 1. The second-order valence-corrected chi connectivity index (χ2v) is 10.8. The van der Waals surface area contributed by atoms with Gasteiger partial charge in [0.05, 0.1) is 35.0 Å². The van der Waals surface area contributed by atoms with Crippen LogP contribution in [0.15, 0.2) is 72.3 Å². The SMILES string of the molecule is CCCCCOc1ccc(C2/C(=C(\O)c3ccc(Cl)cc3)C(=O)C(=O)N2c2nc3ccc(OCC)cc3s2)cc1. The number of halogens is 1. The molecule has 0 aliphatic carbocycles. The fourth-order valence-corrected chi connectivity index (χ4v) is 5.80. The van der Waals surface area contributed by atoms with Gasteiger partial charge in [-0.25, -0.2) is 4.98 Å². The number of nitrogens with zero attached hydrogens (tertiary/aromatic N) is 2. The number of Topliss-reactive ketones (excluding diaryl/α,β-unsaturated/α-hetero) is 1. The lowest BCUT2D eigenvalue weighted by Crippen LogP contribution is -2.29. The van der Waals surface area contributed by atoms with E-state index in [1.807, 2.05) is 49.4 Å². The molecular weight excluding hydrogens is 548 g/mol. The lowest BCUT2D eigenvalue weighted by molar-refractivity contribution is -0.132. The Kier molecular flexibility index (Phi) is 8.38. The topological polar surface area (TPSA) is 89.0 Å². The fourth-order valence-electron chi connectivity index (χ4n) is 4.65. The number of rotatable bonds is 10. The summed E-state index contributed by atoms with van der Waals surface area (Å²) in [6.07, 6.45) is 3.15. The van der Waals surface area contributed by atoms with Gasteiger partial charge in [0.1, 0.15) is 17.3 Å². The molecule has 2 heterocycles. The number of carbonyl (C=O) groups is 2. The highest BCUT2D eigenvalue weighted by molar-refractivity contribution is 7.22. The molecular formula is C31H29ClN2O5S. The average molecular weight is 577 g/mol. The highest BCUT2D eigenvalue weighted by Crippen LogP contribution is 2.45. The zero-order valence-corrected chi connectivity index (χ0v) is 23.8. The van der Waals surface area contributed by atoms with E-state index in [0.29, 0.717) is 51.5 Å². The molecule has 1 amide bonds. The Morgan fingerprint density at radius 3 is 2.40 bits per heavy atom. The van der Waals surface area contributed by atoms with E-state index in [1.54, 1.807) is 24.3 Å². The van der Waals surface area contributed by atoms with E-state index in [4.69, 9.17) is 21.1 Å². The van der Waals surface area contributed by atoms with Gasteiger partial charge in [0.25, 0.3) is 5.78 Å². The predicted octanol–water partition coefficient (Wildman–Crippen LogP) is 7.54. The summed E-state index contributed by atoms with van der Waals surface area (Å²) < 4.78 is 12.3. The minimum atomic E-state index is -0.892. The smallest absolute Gasteiger partial charge is 0.301 e. The van der Waals surface area contributed by atoms with Crippen LogP contribution < -0.4 is 14.4 Å². The summed E-state index contributed by atoms with van der Waals surface area (Å²) in [5.74, 6) is -0.433. The van der Waals surface area contributed by atoms with Crippen LogP contribution in [0.2, 0.25) is 5.02 Å². The third-order valence-corrected chi connectivity index (χ3v) is 7.91. The first-order chi connectivity index (χ1) is 19.4. The molecule has 1 fully saturated rings. The van der Waals surface area contributed by atoms with E-state index in [9.17, 15) is 14.7 Å². The molecule has 3 aromatic carbocycles. The first-order valence-corrected chi connectivity index (χ1v) is 14.4. The van der Waals surface area contributed by atoms with Gasteiger partial charge in [-0.2, -0.15) is 0 Å². The lowest BCUT2D eigenvalue weighted by Gasteiger charge is -2.23. The minimum Gasteiger partial charge on any atom is -0.507 e. The van der Waals surface area contributed by atoms with Crippen LogP contribution in [0.1, 0.15) is 50.3 Å². The zero-order chi connectivity index (χ0) is 28.2. The molecule has 40 heavy (non-hydrogen) atoms. The van der Waals surface area contributed by atoms with Crippen LogP contribution in [0.5, 0.6) is 11.5 Å². The second kappa shape index (κ2) is 12.1. The third-order valence-electron chi connectivity index (χ3n) is 6.64. The first kappa shape index (κ1) is 27.7. The molecule has 7 nitrogen and oxygen atoms in total. The van der Waals surface area contributed by atoms with E-state index >= 15 is 0 Å². The Labute approximate surface area is 241 Å². The molecule has 1 saturated heterocycles. The van der Waals surface area contributed by atoms with Crippen LogP contribution in [0.4, 0.5) is 5.13 Å². The number of aliphatic hydroxyl groups excluding tert-OH is 1. The molecule has 0 bridgehead atoms. The number of ether oxygens (including phenoxy) is 2. The minimum absolute atomic E-state index is 0.0156. The summed E-state index contributed by atoms with van der Waals surface area (Å²) in [4.78, 5) is 33.1. The van der Waals surface area contributed by atoms with Crippen molar-refractivity contribution in [1.29, 1.82) is 0 Å². The number of benzene rings is 3. The Bertz CT molecular complexity index is 1560. The van der Waals surface area contributed by atoms with E-state index < -0.39 is 17.7 Å². The number of carbonyl (C=O) groups excluding carboxylic acids is 2. The number of hydrogen-bond donors (Lipinski definition) is 1. The molecule has 0 spiro atoms. The maximum Gasteiger partial charge on any atom is 0.301 e. The van der Waals surface area contributed by atoms with Crippen molar-refractivity contribution in [1.82, 2.24) is 4.98 Å². The van der Waals surface area contributed by atoms with Gasteiger partial charge >= 0.3 is 5.91 Å². The molecule has 9 heteroatoms. The number of anilines is 1. The van der Waals surface area contributed by atoms with Crippen LogP contribution in [0.25, 0.3) is 16.0 Å². The highest BCUT2D eigenvalue weighted by atomic mass is 35.5. The Balaban J connectivity index is 1.59. The normalized spacial score (nSPS) is 16.6. The Morgan fingerprint density at radius 1 is 0.975 bits per heavy atom. The molecule has 0 radical (unpaired) electrons. The van der Waals surface area contributed by atoms with Crippen molar-refractivity contribution in [2.24, 2.45) is 0 Å². The molecule has 1 atom stereocenters. The Hall–Kier alpha value is -3.88. The van der Waals surface area contributed by atoms with Crippen LogP contribution in [0.3, 0.4) is 0 Å². The summed E-state index contributed by atoms with van der Waals surface area (Å²) in [7, 11) is 0. The largest absolute Gasteiger partial charge is 0.507 e. The summed E-state index contributed by atoms with van der Waals surface area (Å²) >= 11 is 7.32. The number of thiazole rings is 1. The van der Waals surface area contributed by atoms with Crippen LogP contribution in [0, 0.1) is 0 Å². The Morgan fingerprint density at radius 2 is 1.70 bits per heavy atom. The molecule has 4 aromatic rings. The van der Waals surface area contributed by atoms with Gasteiger partial charge in [-0.05, 0) is 73.5 Å². The van der Waals surface area contributed by atoms with Crippen molar-refractivity contribution >= 4 is 55.7 Å². The lowest BCUT2D eigenvalue weighted by atomic mass is 9.95. The molecule has 0 saturated carbocycles. The molecule has 5 rings (SSSR count). The highest BCUT2D eigenvalue weighted by Gasteiger charge is 2.48. The maximum atomic E-state index is 13.5. The molecule has 1 aromatic heterocycles. The van der Waals surface area contributed by atoms with Gasteiger partial charge in [0.2, 0.25) is 0 Å². The van der Waals surface area contributed by atoms with Crippen molar-refractivity contribution in [3.8, 4) is 11.5 Å². The maximum absolute atomic E-state index is 13.5. The third kappa shape index (κ3) is 5.55. The number of unbranched alkanes of at least 4 members (excludes halogenated alkanes) is 2. The van der Waals surface area contributed by atoms with Gasteiger partial charge in [0.15, 0.2) is 5.13 Å². The van der Waals surface area contributed by atoms with E-state index in [2.05, 4.69) is 11.9 Å². The second-order valence-electron chi connectivity index (χ2n) is 9.36. The molecule has 1 N–H and O–H groups in total. The van der Waals surface area contributed by atoms with Crippen molar-refractivity contribution < 1.29 is 24.2 Å². The monoisotopic (exact) mass is 576 g/mol. The predicted molar refractivity (Wildman–Crippen MR) is 158 cm³/mol. The molecule has 1 unspecified atom stereocenters. The van der Waals surface area contributed by atoms with Crippen molar-refractivity contribution in [3.05, 3.63) is 88.5 Å². The standard InChI is InChI=1S/C31H29ClN2O5S/c1-3-5-6-17-39-22-13-9-19(10-14-22)27-26(28(35)20-7-11-21(32)12-8-20)29(36)30(37)34(27)31-33-24-16-15-23(38-4-2)18-25(24)40-31/h7-16,18,27,35H,3-6,17H2,1-2H3/b28-26+. The summed E-state index contributed by atoms with van der Waals surface area (Å²) in [6, 6.07) is 18.3. The zero-order valence-electron chi connectivity index (χ0n) is 22.2. The number of fused-ring (bicyclic) bond motifs is 1. The van der Waals surface area contributed by atoms with E-state index in [-0.39, 0.29) is 11.3 Å². The molecule has 1 aliphatic rings. The van der Waals surface area contributed by atoms with Gasteiger partial charge in [0, 0.05) is 10.6 Å². The number of aliphatic hydroxyl groups is 1. The molecule has 206 valence electrons. The number of hydrogen-bond acceptors (Lipinski definition) is 7.